The van der Waals surface area contributed by atoms with Crippen molar-refractivity contribution in [2.45, 2.75) is 45.4 Å². The lowest BCUT2D eigenvalue weighted by atomic mass is 9.74. The number of rotatable bonds is 6. The van der Waals surface area contributed by atoms with Crippen molar-refractivity contribution in [2.75, 3.05) is 31.6 Å². The molecule has 4 heteroatoms. The van der Waals surface area contributed by atoms with E-state index in [1.807, 2.05) is 18.2 Å². The fraction of sp³-hybridized carbons (Fsp3) is 0.429. The molecule has 32 heavy (non-hydrogen) atoms. The predicted octanol–water partition coefficient (Wildman–Crippen LogP) is 5.92. The standard InChI is InChI=1S/C28H33N2O2.H2/c1-27(2,3)23-18-22(23)25(31)11-14-30-15-12-28(13-16-30)19-32-26-10-9-21(17-24(26)28)29-20-7-5-4-6-8-20;/h4-10,17-18,29H,11-16,19H2,1-3H3;1H. The summed E-state index contributed by atoms with van der Waals surface area (Å²) in [7, 11) is 0. The van der Waals surface area contributed by atoms with E-state index in [1.165, 1.54) is 11.1 Å². The second-order valence-electron chi connectivity index (χ2n) is 10.5. The molecule has 2 aromatic carbocycles. The summed E-state index contributed by atoms with van der Waals surface area (Å²) in [5.74, 6) is 2.31. The van der Waals surface area contributed by atoms with Crippen molar-refractivity contribution in [3.63, 3.8) is 0 Å². The van der Waals surface area contributed by atoms with E-state index in [9.17, 15) is 4.79 Å². The van der Waals surface area contributed by atoms with Crippen LogP contribution in [0.3, 0.4) is 0 Å². The number of fused-ring (bicyclic) bond motifs is 2. The largest absolute Gasteiger partial charge is 0.492 e. The summed E-state index contributed by atoms with van der Waals surface area (Å²) in [6.45, 7) is 10.2. The van der Waals surface area contributed by atoms with Gasteiger partial charge in [-0.05, 0) is 67.3 Å². The lowest BCUT2D eigenvalue weighted by Crippen LogP contribution is -2.44. The summed E-state index contributed by atoms with van der Waals surface area (Å²) in [5.41, 5.74) is 4.96. The number of likely N-dealkylation sites (tertiary alicyclic amines) is 1. The molecule has 2 aromatic rings. The molecule has 5 rings (SSSR count). The Kier molecular flexibility index (Phi) is 5.37. The van der Waals surface area contributed by atoms with Crippen molar-refractivity contribution < 1.29 is 11.0 Å². The molecule has 2 aliphatic heterocycles. The Morgan fingerprint density at radius 3 is 2.53 bits per heavy atom. The minimum absolute atomic E-state index is 0. The zero-order valence-electron chi connectivity index (χ0n) is 19.4. The number of hydrogen-bond donors (Lipinski definition) is 1. The predicted molar refractivity (Wildman–Crippen MR) is 132 cm³/mol. The normalized spacial score (nSPS) is 19.9. The number of anilines is 2. The zero-order chi connectivity index (χ0) is 22.3. The molecule has 1 aliphatic carbocycles. The lowest BCUT2D eigenvalue weighted by Gasteiger charge is -2.38. The number of ether oxygens (including phenoxy) is 1. The van der Waals surface area contributed by atoms with Gasteiger partial charge in [-0.25, -0.2) is 0 Å². The van der Waals surface area contributed by atoms with Crippen LogP contribution in [0.1, 0.15) is 47.0 Å². The number of allylic oxidation sites excluding steroid dienone is 2. The number of ketones is 1. The van der Waals surface area contributed by atoms with Crippen molar-refractivity contribution in [1.29, 1.82) is 0 Å². The maximum Gasteiger partial charge on any atom is 0.149 e. The molecule has 0 aromatic heterocycles. The van der Waals surface area contributed by atoms with E-state index < -0.39 is 0 Å². The highest BCUT2D eigenvalue weighted by Crippen LogP contribution is 2.47. The highest BCUT2D eigenvalue weighted by atomic mass is 16.5. The topological polar surface area (TPSA) is 41.6 Å². The van der Waals surface area contributed by atoms with Crippen LogP contribution in [-0.4, -0.2) is 36.9 Å². The molecule has 1 fully saturated rings. The van der Waals surface area contributed by atoms with Crippen LogP contribution in [0.15, 0.2) is 60.2 Å². The van der Waals surface area contributed by atoms with E-state index in [2.05, 4.69) is 67.4 Å². The van der Waals surface area contributed by atoms with Gasteiger partial charge < -0.3 is 15.0 Å². The molecular formula is C28H35N2O2. The Balaban J connectivity index is 0.00000259. The Hall–Kier alpha value is -2.59. The van der Waals surface area contributed by atoms with Crippen LogP contribution in [-0.2, 0) is 10.2 Å². The molecule has 0 unspecified atom stereocenters. The average molecular weight is 432 g/mol. The molecule has 2 heterocycles. The Labute approximate surface area is 193 Å². The number of Topliss-reactive ketones (excluding diaryl/α,β-unsaturated/α-hetero) is 1. The third-order valence-electron chi connectivity index (χ3n) is 7.19. The highest BCUT2D eigenvalue weighted by Gasteiger charge is 2.44. The van der Waals surface area contributed by atoms with E-state index in [0.29, 0.717) is 12.2 Å². The maximum absolute atomic E-state index is 12.6. The van der Waals surface area contributed by atoms with Gasteiger partial charge in [0.15, 0.2) is 0 Å². The van der Waals surface area contributed by atoms with Crippen LogP contribution in [0.2, 0.25) is 0 Å². The first-order chi connectivity index (χ1) is 15.3. The summed E-state index contributed by atoms with van der Waals surface area (Å²) in [6, 6.07) is 16.8. The van der Waals surface area contributed by atoms with Gasteiger partial charge in [0.2, 0.25) is 0 Å². The molecule has 1 N–H and O–H groups in total. The Morgan fingerprint density at radius 1 is 1.09 bits per heavy atom. The molecule has 0 amide bonds. The molecule has 1 spiro atoms. The van der Waals surface area contributed by atoms with Crippen LogP contribution in [0.25, 0.3) is 0 Å². The molecule has 0 atom stereocenters. The molecule has 4 nitrogen and oxygen atoms in total. The van der Waals surface area contributed by atoms with Crippen LogP contribution < -0.4 is 10.1 Å². The molecule has 169 valence electrons. The second kappa shape index (κ2) is 8.08. The first-order valence-corrected chi connectivity index (χ1v) is 11.8. The molecule has 3 aliphatic rings. The van der Waals surface area contributed by atoms with E-state index in [4.69, 9.17) is 4.74 Å². The summed E-state index contributed by atoms with van der Waals surface area (Å²) >= 11 is 0. The Morgan fingerprint density at radius 2 is 1.84 bits per heavy atom. The third-order valence-corrected chi connectivity index (χ3v) is 7.19. The van der Waals surface area contributed by atoms with Gasteiger partial charge in [0.1, 0.15) is 11.5 Å². The Bertz CT molecular complexity index is 1030. The van der Waals surface area contributed by atoms with Crippen LogP contribution >= 0.6 is 0 Å². The van der Waals surface area contributed by atoms with Crippen LogP contribution in [0.4, 0.5) is 11.4 Å². The summed E-state index contributed by atoms with van der Waals surface area (Å²) in [4.78, 5) is 15.0. The van der Waals surface area contributed by atoms with Crippen LogP contribution in [0, 0.1) is 11.3 Å². The van der Waals surface area contributed by atoms with Gasteiger partial charge in [0.25, 0.3) is 0 Å². The summed E-state index contributed by atoms with van der Waals surface area (Å²) < 4.78 is 6.10. The number of hydrogen-bond acceptors (Lipinski definition) is 4. The lowest BCUT2D eigenvalue weighted by molar-refractivity contribution is -0.116. The first-order valence-electron chi connectivity index (χ1n) is 11.8. The van der Waals surface area contributed by atoms with Gasteiger partial charge in [-0.3, -0.25) is 4.79 Å². The maximum atomic E-state index is 12.6. The van der Waals surface area contributed by atoms with Gasteiger partial charge in [0, 0.05) is 36.7 Å². The molecule has 0 saturated carbocycles. The number of nitrogens with one attached hydrogen (secondary N) is 1. The van der Waals surface area contributed by atoms with Crippen molar-refractivity contribution in [3.05, 3.63) is 71.7 Å². The monoisotopic (exact) mass is 431 g/mol. The van der Waals surface area contributed by atoms with Gasteiger partial charge in [-0.15, -0.1) is 0 Å². The third kappa shape index (κ3) is 4.21. The van der Waals surface area contributed by atoms with E-state index in [-0.39, 0.29) is 12.3 Å². The van der Waals surface area contributed by atoms with Gasteiger partial charge >= 0.3 is 0 Å². The second-order valence-corrected chi connectivity index (χ2v) is 10.5. The SMILES string of the molecule is CC(C)(C)C1=C[C]1C(=O)CCN1CCC2(CC1)COc1ccc(Nc3ccccc3)cc12.[HH]. The van der Waals surface area contributed by atoms with Crippen LogP contribution in [0.5, 0.6) is 5.75 Å². The summed E-state index contributed by atoms with van der Waals surface area (Å²) in [5, 5.41) is 3.52. The number of para-hydroxylation sites is 1. The molecular weight excluding hydrogens is 396 g/mol. The van der Waals surface area contributed by atoms with E-state index in [1.54, 1.807) is 0 Å². The van der Waals surface area contributed by atoms with Crippen molar-refractivity contribution in [3.8, 4) is 5.75 Å². The van der Waals surface area contributed by atoms with Crippen molar-refractivity contribution in [2.24, 2.45) is 5.41 Å². The van der Waals surface area contributed by atoms with E-state index >= 15 is 0 Å². The minimum Gasteiger partial charge on any atom is -0.492 e. The quantitative estimate of drug-likeness (QED) is 0.616. The molecule has 1 radical (unpaired) electrons. The zero-order valence-corrected chi connectivity index (χ0v) is 19.4. The fourth-order valence-corrected chi connectivity index (χ4v) is 5.10. The molecule has 0 bridgehead atoms. The smallest absolute Gasteiger partial charge is 0.149 e. The fourth-order valence-electron chi connectivity index (χ4n) is 5.10. The van der Waals surface area contributed by atoms with E-state index in [0.717, 1.165) is 62.1 Å². The van der Waals surface area contributed by atoms with Gasteiger partial charge in [0.05, 0.1) is 12.5 Å². The average Bonchev–Trinajstić information content (AvgIpc) is 3.54. The number of benzene rings is 2. The minimum atomic E-state index is 0. The highest BCUT2D eigenvalue weighted by molar-refractivity contribution is 6.04. The van der Waals surface area contributed by atoms with Crippen molar-refractivity contribution in [1.82, 2.24) is 4.90 Å². The van der Waals surface area contributed by atoms with Gasteiger partial charge in [-0.2, -0.15) is 0 Å². The van der Waals surface area contributed by atoms with Crippen molar-refractivity contribution >= 4 is 17.2 Å². The van der Waals surface area contributed by atoms with Gasteiger partial charge in [-0.1, -0.05) is 45.0 Å². The molecule has 1 saturated heterocycles. The number of carbonyl (C=O) groups is 1. The first kappa shape index (κ1) is 21.3. The summed E-state index contributed by atoms with van der Waals surface area (Å²) in [6.07, 6.45) is 4.84. The number of nitrogens with zero attached hydrogens (tertiary/aromatic N) is 1. The number of carbonyl (C=O) groups excluding carboxylic acids is 1. The number of piperidine rings is 1.